The molecule has 30 heavy (non-hydrogen) atoms. The third-order valence-electron chi connectivity index (χ3n) is 4.37. The van der Waals surface area contributed by atoms with Gasteiger partial charge in [0.1, 0.15) is 17.6 Å². The molecule has 7 nitrogen and oxygen atoms in total. The topological polar surface area (TPSA) is 82.8 Å². The molecule has 4 aromatic rings. The number of carbonyl (C=O) groups excluding carboxylic acids is 1. The number of para-hydroxylation sites is 1. The average Bonchev–Trinajstić information content (AvgIpc) is 3.16. The minimum Gasteiger partial charge on any atom is -0.456 e. The summed E-state index contributed by atoms with van der Waals surface area (Å²) in [5, 5.41) is 12.4. The van der Waals surface area contributed by atoms with Crippen molar-refractivity contribution in [1.82, 2.24) is 25.2 Å². The fourth-order valence-electron chi connectivity index (χ4n) is 2.93. The summed E-state index contributed by atoms with van der Waals surface area (Å²) in [7, 11) is 0. The van der Waals surface area contributed by atoms with Crippen molar-refractivity contribution in [3.05, 3.63) is 82.5 Å². The number of aryl methyl sites for hydroxylation is 1. The van der Waals surface area contributed by atoms with Gasteiger partial charge in [0.25, 0.3) is 0 Å². The molecule has 0 spiro atoms. The fourth-order valence-corrected chi connectivity index (χ4v) is 3.15. The number of pyridine rings is 1. The Morgan fingerprint density at radius 2 is 1.97 bits per heavy atom. The molecule has 0 saturated carbocycles. The summed E-state index contributed by atoms with van der Waals surface area (Å²) in [6.07, 6.45) is 1.53. The van der Waals surface area contributed by atoms with Crippen LogP contribution < -0.4 is 0 Å². The number of aromatic nitrogens is 5. The first kappa shape index (κ1) is 19.7. The summed E-state index contributed by atoms with van der Waals surface area (Å²) in [4.78, 5) is 17.2. The van der Waals surface area contributed by atoms with E-state index in [9.17, 15) is 9.18 Å². The van der Waals surface area contributed by atoms with Gasteiger partial charge in [-0.15, -0.1) is 5.10 Å². The van der Waals surface area contributed by atoms with Crippen molar-refractivity contribution in [2.24, 2.45) is 0 Å². The number of ether oxygens (including phenoxy) is 1. The molecule has 0 bridgehead atoms. The zero-order valence-electron chi connectivity index (χ0n) is 15.8. The van der Waals surface area contributed by atoms with Crippen LogP contribution in [0.4, 0.5) is 4.39 Å². The molecule has 9 heteroatoms. The number of carbonyl (C=O) groups is 1. The minimum absolute atomic E-state index is 0.0243. The van der Waals surface area contributed by atoms with Gasteiger partial charge in [-0.3, -0.25) is 0 Å². The van der Waals surface area contributed by atoms with E-state index in [0.29, 0.717) is 27.6 Å². The maximum Gasteiger partial charge on any atom is 0.357 e. The summed E-state index contributed by atoms with van der Waals surface area (Å²) in [5.74, 6) is -0.624. The molecule has 0 radical (unpaired) electrons. The lowest BCUT2D eigenvalue weighted by Crippen LogP contribution is -2.15. The summed E-state index contributed by atoms with van der Waals surface area (Å²) in [6.45, 7) is 1.63. The second-order valence-electron chi connectivity index (χ2n) is 6.42. The van der Waals surface area contributed by atoms with Gasteiger partial charge in [0.05, 0.1) is 5.52 Å². The molecular formula is C21H15ClFN5O2. The molecule has 2 heterocycles. The second kappa shape index (κ2) is 8.38. The zero-order chi connectivity index (χ0) is 21.1. The first-order valence-electron chi connectivity index (χ1n) is 8.95. The van der Waals surface area contributed by atoms with Crippen molar-refractivity contribution in [3.8, 4) is 0 Å². The highest BCUT2D eigenvalue weighted by atomic mass is 35.5. The number of rotatable bonds is 5. The molecule has 0 aliphatic rings. The molecule has 0 aliphatic heterocycles. The SMILES string of the molecule is Cc1nnnn1/C(=C\c1ccc(F)cc1)C(=O)OCc1cc(Cl)nc2ccccc12. The van der Waals surface area contributed by atoms with E-state index in [1.54, 1.807) is 25.1 Å². The average molecular weight is 424 g/mol. The van der Waals surface area contributed by atoms with Crippen molar-refractivity contribution in [1.29, 1.82) is 0 Å². The molecule has 0 atom stereocenters. The molecule has 2 aromatic heterocycles. The lowest BCUT2D eigenvalue weighted by molar-refractivity contribution is -0.138. The quantitative estimate of drug-likeness (QED) is 0.273. The highest BCUT2D eigenvalue weighted by Gasteiger charge is 2.18. The van der Waals surface area contributed by atoms with Crippen LogP contribution in [0.3, 0.4) is 0 Å². The van der Waals surface area contributed by atoms with E-state index in [4.69, 9.17) is 16.3 Å². The van der Waals surface area contributed by atoms with Crippen LogP contribution in [0.2, 0.25) is 5.15 Å². The predicted octanol–water partition coefficient (Wildman–Crippen LogP) is 4.06. The van der Waals surface area contributed by atoms with Crippen LogP contribution in [0.1, 0.15) is 17.0 Å². The van der Waals surface area contributed by atoms with Gasteiger partial charge in [-0.05, 0) is 53.3 Å². The van der Waals surface area contributed by atoms with Crippen LogP contribution in [0, 0.1) is 12.7 Å². The molecular weight excluding hydrogens is 409 g/mol. The normalized spacial score (nSPS) is 11.6. The van der Waals surface area contributed by atoms with Crippen LogP contribution in [-0.4, -0.2) is 31.2 Å². The van der Waals surface area contributed by atoms with Crippen molar-refractivity contribution < 1.29 is 13.9 Å². The highest BCUT2D eigenvalue weighted by Crippen LogP contribution is 2.22. The van der Waals surface area contributed by atoms with Gasteiger partial charge in [-0.2, -0.15) is 4.68 Å². The Morgan fingerprint density at radius 1 is 1.20 bits per heavy atom. The Kier molecular flexibility index (Phi) is 5.49. The smallest absolute Gasteiger partial charge is 0.357 e. The summed E-state index contributed by atoms with van der Waals surface area (Å²) in [5.41, 5.74) is 2.10. The van der Waals surface area contributed by atoms with Crippen molar-refractivity contribution >= 4 is 40.2 Å². The Bertz CT molecular complexity index is 1250. The highest BCUT2D eigenvalue weighted by molar-refractivity contribution is 6.30. The Labute approximate surface area is 175 Å². The maximum absolute atomic E-state index is 13.2. The number of benzene rings is 2. The molecule has 2 aromatic carbocycles. The molecule has 0 amide bonds. The van der Waals surface area contributed by atoms with Gasteiger partial charge in [-0.1, -0.05) is 41.9 Å². The monoisotopic (exact) mass is 423 g/mol. The van der Waals surface area contributed by atoms with Gasteiger partial charge in [0.2, 0.25) is 0 Å². The summed E-state index contributed by atoms with van der Waals surface area (Å²) in [6, 6.07) is 14.8. The Morgan fingerprint density at radius 3 is 2.70 bits per heavy atom. The maximum atomic E-state index is 13.2. The number of fused-ring (bicyclic) bond motifs is 1. The fraction of sp³-hybridized carbons (Fsp3) is 0.0952. The van der Waals surface area contributed by atoms with E-state index < -0.39 is 5.97 Å². The van der Waals surface area contributed by atoms with E-state index in [-0.39, 0.29) is 18.1 Å². The zero-order valence-corrected chi connectivity index (χ0v) is 16.5. The van der Waals surface area contributed by atoms with E-state index in [1.165, 1.54) is 22.9 Å². The lowest BCUT2D eigenvalue weighted by Gasteiger charge is -2.11. The molecule has 0 saturated heterocycles. The van der Waals surface area contributed by atoms with E-state index in [2.05, 4.69) is 20.5 Å². The number of nitrogens with zero attached hydrogens (tertiary/aromatic N) is 5. The molecule has 0 N–H and O–H groups in total. The van der Waals surface area contributed by atoms with Gasteiger partial charge in [0.15, 0.2) is 11.5 Å². The van der Waals surface area contributed by atoms with Crippen molar-refractivity contribution in [2.45, 2.75) is 13.5 Å². The van der Waals surface area contributed by atoms with Crippen LogP contribution in [0.5, 0.6) is 0 Å². The van der Waals surface area contributed by atoms with Gasteiger partial charge in [0, 0.05) is 10.9 Å². The third-order valence-corrected chi connectivity index (χ3v) is 4.56. The number of esters is 1. The predicted molar refractivity (Wildman–Crippen MR) is 110 cm³/mol. The molecule has 0 aliphatic carbocycles. The van der Waals surface area contributed by atoms with E-state index >= 15 is 0 Å². The van der Waals surface area contributed by atoms with Gasteiger partial charge >= 0.3 is 5.97 Å². The van der Waals surface area contributed by atoms with E-state index in [0.717, 1.165) is 5.39 Å². The Hall–Kier alpha value is -3.65. The number of hydrogen-bond acceptors (Lipinski definition) is 6. The molecule has 4 rings (SSSR count). The van der Waals surface area contributed by atoms with Crippen molar-refractivity contribution in [3.63, 3.8) is 0 Å². The second-order valence-corrected chi connectivity index (χ2v) is 6.80. The molecule has 150 valence electrons. The minimum atomic E-state index is -0.647. The first-order chi connectivity index (χ1) is 14.5. The standard InChI is InChI=1S/C21H15ClFN5O2/c1-13-25-26-27-28(13)19(10-14-6-8-16(23)9-7-14)21(29)30-12-15-11-20(22)24-18-5-3-2-4-17(15)18/h2-11H,12H2,1H3/b19-10-. The summed E-state index contributed by atoms with van der Waals surface area (Å²) < 4.78 is 20.0. The van der Waals surface area contributed by atoms with Gasteiger partial charge in [-0.25, -0.2) is 14.2 Å². The van der Waals surface area contributed by atoms with Crippen molar-refractivity contribution in [2.75, 3.05) is 0 Å². The largest absolute Gasteiger partial charge is 0.456 e. The first-order valence-corrected chi connectivity index (χ1v) is 9.33. The number of hydrogen-bond donors (Lipinski definition) is 0. The van der Waals surface area contributed by atoms with Gasteiger partial charge < -0.3 is 4.74 Å². The Balaban J connectivity index is 1.65. The summed E-state index contributed by atoms with van der Waals surface area (Å²) >= 11 is 6.10. The van der Waals surface area contributed by atoms with E-state index in [1.807, 2.05) is 24.3 Å². The van der Waals surface area contributed by atoms with Crippen LogP contribution >= 0.6 is 11.6 Å². The van der Waals surface area contributed by atoms with Crippen LogP contribution in [0.15, 0.2) is 54.6 Å². The third kappa shape index (κ3) is 4.18. The van der Waals surface area contributed by atoms with Crippen LogP contribution in [-0.2, 0) is 16.1 Å². The van der Waals surface area contributed by atoms with Crippen LogP contribution in [0.25, 0.3) is 22.7 Å². The lowest BCUT2D eigenvalue weighted by atomic mass is 10.1. The number of tetrazole rings is 1. The molecule has 0 fully saturated rings. The number of halogens is 2. The molecule has 0 unspecified atom stereocenters.